The maximum absolute atomic E-state index is 12.4. The summed E-state index contributed by atoms with van der Waals surface area (Å²) in [6, 6.07) is 11.1. The largest absolute Gasteiger partial charge is 0.507 e. The Labute approximate surface area is 176 Å². The number of rotatable bonds is 8. The molecule has 0 radical (unpaired) electrons. The molecule has 0 aliphatic carbocycles. The van der Waals surface area contributed by atoms with Crippen molar-refractivity contribution in [3.63, 3.8) is 0 Å². The normalized spacial score (nSPS) is 10.6. The first-order valence-electron chi connectivity index (χ1n) is 8.91. The van der Waals surface area contributed by atoms with Crippen molar-refractivity contribution >= 4 is 29.0 Å². The molecular weight excluding hydrogens is 406 g/mol. The Morgan fingerprint density at radius 1 is 1.33 bits per heavy atom. The molecule has 1 amide bonds. The van der Waals surface area contributed by atoms with E-state index in [4.69, 9.17) is 0 Å². The highest BCUT2D eigenvalue weighted by Gasteiger charge is 2.17. The van der Waals surface area contributed by atoms with Gasteiger partial charge in [-0.25, -0.2) is 0 Å². The van der Waals surface area contributed by atoms with Gasteiger partial charge < -0.3 is 10.4 Å². The Bertz CT molecular complexity index is 1110. The summed E-state index contributed by atoms with van der Waals surface area (Å²) < 4.78 is 1.76. The van der Waals surface area contributed by atoms with E-state index in [1.165, 1.54) is 30.0 Å². The van der Waals surface area contributed by atoms with Crippen LogP contribution in [0.4, 0.5) is 11.4 Å². The number of anilines is 1. The van der Waals surface area contributed by atoms with E-state index >= 15 is 0 Å². The number of allylic oxidation sites excluding steroid dienone is 1. The van der Waals surface area contributed by atoms with Crippen molar-refractivity contribution < 1.29 is 14.8 Å². The number of carbonyl (C=O) groups excluding carboxylic acids is 1. The molecule has 2 N–H and O–H groups in total. The van der Waals surface area contributed by atoms with Crippen LogP contribution in [0, 0.1) is 17.0 Å². The van der Waals surface area contributed by atoms with Gasteiger partial charge in [-0.3, -0.25) is 19.5 Å². The highest BCUT2D eigenvalue weighted by molar-refractivity contribution is 7.99. The lowest BCUT2D eigenvalue weighted by molar-refractivity contribution is -0.384. The number of benzene rings is 2. The van der Waals surface area contributed by atoms with Crippen molar-refractivity contribution in [2.24, 2.45) is 0 Å². The number of para-hydroxylation sites is 1. The van der Waals surface area contributed by atoms with Crippen molar-refractivity contribution in [2.75, 3.05) is 11.1 Å². The highest BCUT2D eigenvalue weighted by Crippen LogP contribution is 2.30. The summed E-state index contributed by atoms with van der Waals surface area (Å²) in [7, 11) is 0. The molecule has 9 nitrogen and oxygen atoms in total. The molecule has 0 saturated carbocycles. The maximum atomic E-state index is 12.4. The predicted molar refractivity (Wildman–Crippen MR) is 115 cm³/mol. The van der Waals surface area contributed by atoms with Crippen LogP contribution in [0.25, 0.3) is 11.4 Å². The van der Waals surface area contributed by atoms with Crippen LogP contribution in [0.3, 0.4) is 0 Å². The molecule has 10 heteroatoms. The summed E-state index contributed by atoms with van der Waals surface area (Å²) in [6.45, 7) is 5.83. The third kappa shape index (κ3) is 4.66. The monoisotopic (exact) mass is 425 g/mol. The number of aryl methyl sites for hydroxylation is 1. The van der Waals surface area contributed by atoms with Gasteiger partial charge in [0.25, 0.3) is 5.69 Å². The lowest BCUT2D eigenvalue weighted by atomic mass is 10.2. The minimum Gasteiger partial charge on any atom is -0.507 e. The number of nitrogens with one attached hydrogen (secondary N) is 1. The third-order valence-electron chi connectivity index (χ3n) is 4.20. The fourth-order valence-electron chi connectivity index (χ4n) is 2.77. The second-order valence-electron chi connectivity index (χ2n) is 6.32. The smallest absolute Gasteiger partial charge is 0.269 e. The van der Waals surface area contributed by atoms with Crippen LogP contribution in [0.2, 0.25) is 0 Å². The summed E-state index contributed by atoms with van der Waals surface area (Å²) in [5.74, 6) is 0.335. The van der Waals surface area contributed by atoms with E-state index in [-0.39, 0.29) is 23.1 Å². The van der Waals surface area contributed by atoms with Gasteiger partial charge in [0, 0.05) is 24.4 Å². The second kappa shape index (κ2) is 9.23. The number of thioether (sulfide) groups is 1. The molecule has 0 fully saturated rings. The van der Waals surface area contributed by atoms with E-state index in [0.29, 0.717) is 34.3 Å². The summed E-state index contributed by atoms with van der Waals surface area (Å²) in [5.41, 5.74) is 1.60. The Balaban J connectivity index is 1.73. The number of phenolic OH excluding ortho intramolecular Hbond substituents is 1. The number of carbonyl (C=O) groups is 1. The lowest BCUT2D eigenvalue weighted by Gasteiger charge is -2.10. The topological polar surface area (TPSA) is 123 Å². The first-order valence-corrected chi connectivity index (χ1v) is 9.89. The molecule has 0 spiro atoms. The van der Waals surface area contributed by atoms with Crippen LogP contribution in [-0.4, -0.2) is 36.5 Å². The summed E-state index contributed by atoms with van der Waals surface area (Å²) in [4.78, 5) is 22.7. The number of phenols is 1. The number of nitro benzene ring substituents is 1. The molecule has 3 rings (SSSR count). The Morgan fingerprint density at radius 2 is 2.10 bits per heavy atom. The Hall–Kier alpha value is -3.66. The summed E-state index contributed by atoms with van der Waals surface area (Å²) >= 11 is 1.19. The first kappa shape index (κ1) is 21.1. The van der Waals surface area contributed by atoms with Crippen LogP contribution in [-0.2, 0) is 11.3 Å². The van der Waals surface area contributed by atoms with Crippen LogP contribution in [0.15, 0.2) is 60.3 Å². The van der Waals surface area contributed by atoms with Gasteiger partial charge >= 0.3 is 0 Å². The quantitative estimate of drug-likeness (QED) is 0.244. The number of aromatic nitrogens is 3. The maximum Gasteiger partial charge on any atom is 0.269 e. The zero-order valence-electron chi connectivity index (χ0n) is 16.1. The molecule has 0 aliphatic heterocycles. The molecule has 0 unspecified atom stereocenters. The number of amides is 1. The molecular formula is C20H19N5O4S. The van der Waals surface area contributed by atoms with Crippen molar-refractivity contribution in [3.05, 3.63) is 70.8 Å². The van der Waals surface area contributed by atoms with Crippen molar-refractivity contribution in [1.29, 1.82) is 0 Å². The first-order chi connectivity index (χ1) is 14.4. The van der Waals surface area contributed by atoms with E-state index in [1.54, 1.807) is 41.8 Å². The number of hydrogen-bond acceptors (Lipinski definition) is 7. The van der Waals surface area contributed by atoms with Gasteiger partial charge in [0.1, 0.15) is 5.75 Å². The molecule has 2 aromatic carbocycles. The van der Waals surface area contributed by atoms with Gasteiger partial charge in [-0.05, 0) is 30.7 Å². The summed E-state index contributed by atoms with van der Waals surface area (Å²) in [6.07, 6.45) is 1.68. The molecule has 1 heterocycles. The lowest BCUT2D eigenvalue weighted by Crippen LogP contribution is -2.15. The van der Waals surface area contributed by atoms with Gasteiger partial charge in [-0.15, -0.1) is 16.8 Å². The average Bonchev–Trinajstić information content (AvgIpc) is 3.11. The van der Waals surface area contributed by atoms with E-state index in [9.17, 15) is 20.0 Å². The van der Waals surface area contributed by atoms with Crippen molar-refractivity contribution in [1.82, 2.24) is 14.8 Å². The minimum absolute atomic E-state index is 0.0332. The SMILES string of the molecule is C=CCn1c(SCC(=O)Nc2ccc([N+](=O)[O-])cc2C)nnc1-c1ccccc1O. The van der Waals surface area contributed by atoms with E-state index in [2.05, 4.69) is 22.1 Å². The van der Waals surface area contributed by atoms with E-state index < -0.39 is 4.92 Å². The molecule has 0 aliphatic rings. The molecule has 3 aromatic rings. The fourth-order valence-corrected chi connectivity index (χ4v) is 3.52. The van der Waals surface area contributed by atoms with Crippen LogP contribution in [0.1, 0.15) is 5.56 Å². The zero-order chi connectivity index (χ0) is 21.7. The average molecular weight is 425 g/mol. The van der Waals surface area contributed by atoms with Crippen molar-refractivity contribution in [2.45, 2.75) is 18.6 Å². The standard InChI is InChI=1S/C20H19N5O4S/c1-3-10-24-19(15-6-4-5-7-17(15)26)22-23-20(24)30-12-18(27)21-16-9-8-14(25(28)29)11-13(16)2/h3-9,11,26H,1,10,12H2,2H3,(H,21,27). The number of non-ortho nitro benzene ring substituents is 1. The molecule has 0 saturated heterocycles. The van der Waals surface area contributed by atoms with Gasteiger partial charge in [0.15, 0.2) is 11.0 Å². The minimum atomic E-state index is -0.483. The molecule has 0 atom stereocenters. The predicted octanol–water partition coefficient (Wildman–Crippen LogP) is 3.78. The van der Waals surface area contributed by atoms with Crippen LogP contribution < -0.4 is 5.32 Å². The molecule has 0 bridgehead atoms. The summed E-state index contributed by atoms with van der Waals surface area (Å²) in [5, 5.41) is 32.5. The number of nitro groups is 1. The van der Waals surface area contributed by atoms with Gasteiger partial charge in [-0.1, -0.05) is 30.0 Å². The Kier molecular flexibility index (Phi) is 6.48. The van der Waals surface area contributed by atoms with Crippen molar-refractivity contribution in [3.8, 4) is 17.1 Å². The zero-order valence-corrected chi connectivity index (χ0v) is 16.9. The van der Waals surface area contributed by atoms with Crippen LogP contribution in [0.5, 0.6) is 5.75 Å². The third-order valence-corrected chi connectivity index (χ3v) is 5.17. The number of aromatic hydroxyl groups is 1. The number of nitrogens with zero attached hydrogens (tertiary/aromatic N) is 4. The van der Waals surface area contributed by atoms with Gasteiger partial charge in [0.2, 0.25) is 5.91 Å². The van der Waals surface area contributed by atoms with E-state index in [1.807, 2.05) is 0 Å². The molecule has 154 valence electrons. The van der Waals surface area contributed by atoms with Gasteiger partial charge in [-0.2, -0.15) is 0 Å². The second-order valence-corrected chi connectivity index (χ2v) is 7.26. The molecule has 1 aromatic heterocycles. The molecule has 30 heavy (non-hydrogen) atoms. The highest BCUT2D eigenvalue weighted by atomic mass is 32.2. The van der Waals surface area contributed by atoms with Gasteiger partial charge in [0.05, 0.1) is 16.2 Å². The van der Waals surface area contributed by atoms with Crippen LogP contribution >= 0.6 is 11.8 Å². The van der Waals surface area contributed by atoms with E-state index in [0.717, 1.165) is 0 Å². The number of hydrogen-bond donors (Lipinski definition) is 2. The Morgan fingerprint density at radius 3 is 2.77 bits per heavy atom. The fraction of sp³-hybridized carbons (Fsp3) is 0.150.